The summed E-state index contributed by atoms with van der Waals surface area (Å²) < 4.78 is 5.36. The van der Waals surface area contributed by atoms with E-state index in [-0.39, 0.29) is 0 Å². The van der Waals surface area contributed by atoms with E-state index in [0.29, 0.717) is 31.1 Å². The molecule has 2 aromatic rings. The highest BCUT2D eigenvalue weighted by molar-refractivity contribution is 7.09. The Morgan fingerprint density at radius 1 is 1.35 bits per heavy atom. The number of rotatable bonds is 6. The Morgan fingerprint density at radius 2 is 2.15 bits per heavy atom. The van der Waals surface area contributed by atoms with E-state index in [1.807, 2.05) is 31.3 Å². The maximum absolute atomic E-state index is 5.36. The lowest BCUT2D eigenvalue weighted by molar-refractivity contribution is 0.312. The molecule has 20 heavy (non-hydrogen) atoms. The van der Waals surface area contributed by atoms with E-state index in [1.54, 1.807) is 18.4 Å². The van der Waals surface area contributed by atoms with E-state index >= 15 is 0 Å². The highest BCUT2D eigenvalue weighted by Gasteiger charge is 2.12. The number of nitrogens with one attached hydrogen (secondary N) is 1. The van der Waals surface area contributed by atoms with Crippen molar-refractivity contribution in [2.24, 2.45) is 0 Å². The van der Waals surface area contributed by atoms with Gasteiger partial charge in [0.25, 0.3) is 0 Å². The van der Waals surface area contributed by atoms with E-state index in [0.717, 1.165) is 5.69 Å². The van der Waals surface area contributed by atoms with Gasteiger partial charge in [0.15, 0.2) is 0 Å². The summed E-state index contributed by atoms with van der Waals surface area (Å²) in [5, 5.41) is 2.91. The van der Waals surface area contributed by atoms with Gasteiger partial charge in [-0.1, -0.05) is 0 Å². The normalized spacial score (nSPS) is 10.4. The molecule has 2 heterocycles. The molecule has 0 amide bonds. The lowest BCUT2D eigenvalue weighted by atomic mass is 10.4. The Labute approximate surface area is 122 Å². The second-order valence-electron chi connectivity index (χ2n) is 4.14. The van der Waals surface area contributed by atoms with Crippen LogP contribution in [0.15, 0.2) is 5.51 Å². The van der Waals surface area contributed by atoms with Crippen LogP contribution in [-0.2, 0) is 6.54 Å². The fraction of sp³-hybridized carbons (Fsp3) is 0.500. The summed E-state index contributed by atoms with van der Waals surface area (Å²) in [6.45, 7) is 5.12. The molecule has 0 bridgehead atoms. The van der Waals surface area contributed by atoms with Crippen LogP contribution in [0, 0.1) is 6.92 Å². The molecule has 108 valence electrons. The van der Waals surface area contributed by atoms with Crippen molar-refractivity contribution in [3.63, 3.8) is 0 Å². The molecule has 2 aromatic heterocycles. The zero-order valence-corrected chi connectivity index (χ0v) is 12.9. The van der Waals surface area contributed by atoms with Gasteiger partial charge in [-0.2, -0.15) is 15.0 Å². The molecule has 1 N–H and O–H groups in total. The summed E-state index contributed by atoms with van der Waals surface area (Å²) >= 11 is 1.63. The first-order chi connectivity index (χ1) is 9.63. The molecule has 7 nitrogen and oxygen atoms in total. The standard InChI is InChI=1S/C12H18N6OS/c1-5-19-12-16-10(13-3)15-11(17-12)18(4)6-9-8(2)14-7-20-9/h7H,5-6H2,1-4H3,(H,13,15,16,17). The van der Waals surface area contributed by atoms with E-state index in [9.17, 15) is 0 Å². The average molecular weight is 294 g/mol. The molecule has 0 saturated heterocycles. The van der Waals surface area contributed by atoms with Crippen molar-refractivity contribution >= 4 is 23.2 Å². The zero-order valence-electron chi connectivity index (χ0n) is 12.0. The Balaban J connectivity index is 2.22. The van der Waals surface area contributed by atoms with E-state index in [4.69, 9.17) is 4.74 Å². The number of hydrogen-bond acceptors (Lipinski definition) is 8. The Bertz CT molecular complexity index is 573. The number of hydrogen-bond donors (Lipinski definition) is 1. The fourth-order valence-electron chi connectivity index (χ4n) is 1.59. The molecule has 0 saturated carbocycles. The van der Waals surface area contributed by atoms with Gasteiger partial charge >= 0.3 is 6.01 Å². The van der Waals surface area contributed by atoms with Gasteiger partial charge in [0.1, 0.15) is 0 Å². The van der Waals surface area contributed by atoms with Crippen molar-refractivity contribution in [1.29, 1.82) is 0 Å². The number of thiazole rings is 1. The largest absolute Gasteiger partial charge is 0.464 e. The lowest BCUT2D eigenvalue weighted by Crippen LogP contribution is -2.20. The van der Waals surface area contributed by atoms with Crippen LogP contribution in [0.2, 0.25) is 0 Å². The van der Waals surface area contributed by atoms with Gasteiger partial charge in [-0.15, -0.1) is 11.3 Å². The van der Waals surface area contributed by atoms with Gasteiger partial charge in [0.2, 0.25) is 11.9 Å². The smallest absolute Gasteiger partial charge is 0.323 e. The highest BCUT2D eigenvalue weighted by Crippen LogP contribution is 2.19. The van der Waals surface area contributed by atoms with E-state index < -0.39 is 0 Å². The van der Waals surface area contributed by atoms with Crippen LogP contribution < -0.4 is 15.0 Å². The molecule has 2 rings (SSSR count). The molecule has 0 fully saturated rings. The van der Waals surface area contributed by atoms with Gasteiger partial charge < -0.3 is 15.0 Å². The predicted octanol–water partition coefficient (Wildman–Crippen LogP) is 1.71. The number of ether oxygens (including phenoxy) is 1. The van der Waals surface area contributed by atoms with Crippen molar-refractivity contribution in [1.82, 2.24) is 19.9 Å². The highest BCUT2D eigenvalue weighted by atomic mass is 32.1. The van der Waals surface area contributed by atoms with E-state index in [2.05, 4.69) is 25.3 Å². The monoisotopic (exact) mass is 294 g/mol. The van der Waals surface area contributed by atoms with Crippen molar-refractivity contribution in [2.45, 2.75) is 20.4 Å². The third kappa shape index (κ3) is 3.32. The fourth-order valence-corrected chi connectivity index (χ4v) is 2.42. The summed E-state index contributed by atoms with van der Waals surface area (Å²) in [7, 11) is 3.70. The zero-order chi connectivity index (χ0) is 14.5. The van der Waals surface area contributed by atoms with Gasteiger partial charge in [-0.05, 0) is 13.8 Å². The quantitative estimate of drug-likeness (QED) is 0.869. The lowest BCUT2D eigenvalue weighted by Gasteiger charge is -2.17. The molecule has 8 heteroatoms. The number of anilines is 2. The maximum atomic E-state index is 5.36. The average Bonchev–Trinajstić information content (AvgIpc) is 2.84. The van der Waals surface area contributed by atoms with E-state index in [1.165, 1.54) is 4.88 Å². The number of nitrogens with zero attached hydrogens (tertiary/aromatic N) is 5. The molecule has 0 aliphatic heterocycles. The van der Waals surface area contributed by atoms with Crippen LogP contribution >= 0.6 is 11.3 Å². The second-order valence-corrected chi connectivity index (χ2v) is 5.08. The molecule has 0 unspecified atom stereocenters. The van der Waals surface area contributed by atoms with Gasteiger partial charge in [-0.3, -0.25) is 0 Å². The SMILES string of the molecule is CCOc1nc(NC)nc(N(C)Cc2scnc2C)n1. The van der Waals surface area contributed by atoms with Gasteiger partial charge in [0, 0.05) is 19.0 Å². The van der Waals surface area contributed by atoms with Crippen molar-refractivity contribution < 1.29 is 4.74 Å². The van der Waals surface area contributed by atoms with Crippen molar-refractivity contribution in [2.75, 3.05) is 30.9 Å². The third-order valence-corrected chi connectivity index (χ3v) is 3.59. The van der Waals surface area contributed by atoms with Crippen LogP contribution in [0.1, 0.15) is 17.5 Å². The minimum absolute atomic E-state index is 0.328. The first kappa shape index (κ1) is 14.4. The van der Waals surface area contributed by atoms with Crippen molar-refractivity contribution in [3.05, 3.63) is 16.1 Å². The first-order valence-electron chi connectivity index (χ1n) is 6.30. The second kappa shape index (κ2) is 6.47. The minimum atomic E-state index is 0.328. The maximum Gasteiger partial charge on any atom is 0.323 e. The topological polar surface area (TPSA) is 76.1 Å². The summed E-state index contributed by atoms with van der Waals surface area (Å²) in [6.07, 6.45) is 0. The minimum Gasteiger partial charge on any atom is -0.464 e. The van der Waals surface area contributed by atoms with Crippen LogP contribution in [-0.4, -0.2) is 40.6 Å². The summed E-state index contributed by atoms with van der Waals surface area (Å²) in [4.78, 5) is 20.2. The summed E-state index contributed by atoms with van der Waals surface area (Å²) in [5.41, 5.74) is 2.88. The summed E-state index contributed by atoms with van der Waals surface area (Å²) in [5.74, 6) is 1.06. The predicted molar refractivity (Wildman–Crippen MR) is 79.5 cm³/mol. The Hall–Kier alpha value is -1.96. The Kier molecular flexibility index (Phi) is 4.67. The van der Waals surface area contributed by atoms with Gasteiger partial charge in [0.05, 0.1) is 24.4 Å². The van der Waals surface area contributed by atoms with Crippen molar-refractivity contribution in [3.8, 4) is 6.01 Å². The number of aromatic nitrogens is 4. The first-order valence-corrected chi connectivity index (χ1v) is 7.18. The molecule has 0 spiro atoms. The molecular formula is C12H18N6OS. The Morgan fingerprint density at radius 3 is 2.75 bits per heavy atom. The van der Waals surface area contributed by atoms with Crippen LogP contribution in [0.25, 0.3) is 0 Å². The summed E-state index contributed by atoms with van der Waals surface area (Å²) in [6, 6.07) is 0.328. The van der Waals surface area contributed by atoms with Gasteiger partial charge in [-0.25, -0.2) is 4.98 Å². The van der Waals surface area contributed by atoms with Crippen LogP contribution in [0.3, 0.4) is 0 Å². The van der Waals surface area contributed by atoms with Crippen LogP contribution in [0.4, 0.5) is 11.9 Å². The molecule has 0 aliphatic carbocycles. The molecular weight excluding hydrogens is 276 g/mol. The molecule has 0 aliphatic rings. The molecule has 0 atom stereocenters. The molecule has 0 aromatic carbocycles. The molecule has 0 radical (unpaired) electrons. The van der Waals surface area contributed by atoms with Crippen LogP contribution in [0.5, 0.6) is 6.01 Å². The third-order valence-electron chi connectivity index (χ3n) is 2.67. The number of aryl methyl sites for hydroxylation is 1.